The molecular weight excluding hydrogens is 196 g/mol. The molecule has 0 bridgehead atoms. The van der Waals surface area contributed by atoms with E-state index in [4.69, 9.17) is 0 Å². The van der Waals surface area contributed by atoms with Crippen molar-refractivity contribution >= 4 is 21.6 Å². The van der Waals surface area contributed by atoms with Crippen molar-refractivity contribution in [2.75, 3.05) is 0 Å². The third-order valence-corrected chi connectivity index (χ3v) is 6.48. The molecule has 2 rings (SSSR count). The minimum atomic E-state index is 0.943. The van der Waals surface area contributed by atoms with Gasteiger partial charge in [0.15, 0.2) is 0 Å². The summed E-state index contributed by atoms with van der Waals surface area (Å²) in [7, 11) is 4.21. The highest BCUT2D eigenvalue weighted by Gasteiger charge is 2.37. The van der Waals surface area contributed by atoms with Crippen LogP contribution in [0.15, 0.2) is 0 Å². The molecule has 1 aliphatic carbocycles. The van der Waals surface area contributed by atoms with Gasteiger partial charge in [0, 0.05) is 0 Å². The third kappa shape index (κ3) is 2.38. The van der Waals surface area contributed by atoms with Gasteiger partial charge in [-0.2, -0.15) is 0 Å². The van der Waals surface area contributed by atoms with Crippen LogP contribution in [0.5, 0.6) is 0 Å². The minimum absolute atomic E-state index is 0.943. The van der Waals surface area contributed by atoms with Crippen LogP contribution in [0.1, 0.15) is 40.0 Å². The maximum Gasteiger partial charge on any atom is 0.0738 e. The Bertz CT molecular complexity index is 177. The molecule has 1 aliphatic heterocycles. The Kier molecular flexibility index (Phi) is 3.19. The molecule has 0 radical (unpaired) electrons. The fourth-order valence-corrected chi connectivity index (χ4v) is 4.56. The summed E-state index contributed by atoms with van der Waals surface area (Å²) in [6.45, 7) is 7.35. The predicted molar refractivity (Wildman–Crippen MR) is 63.8 cm³/mol. The molecule has 1 heterocycles. The van der Waals surface area contributed by atoms with E-state index in [1.807, 2.05) is 0 Å². The van der Waals surface area contributed by atoms with Crippen LogP contribution in [0.3, 0.4) is 0 Å². The van der Waals surface area contributed by atoms with Crippen molar-refractivity contribution in [3.63, 3.8) is 0 Å². The maximum absolute atomic E-state index is 2.46. The molecule has 0 spiro atoms. The third-order valence-electron chi connectivity index (χ3n) is 4.05. The van der Waals surface area contributed by atoms with Crippen LogP contribution in [0.4, 0.5) is 0 Å². The maximum atomic E-state index is 2.46. The van der Waals surface area contributed by atoms with Gasteiger partial charge in [0.25, 0.3) is 0 Å². The Balaban J connectivity index is 1.96. The Morgan fingerprint density at radius 3 is 2.23 bits per heavy atom. The van der Waals surface area contributed by atoms with E-state index in [1.165, 1.54) is 19.3 Å². The van der Waals surface area contributed by atoms with Gasteiger partial charge in [-0.15, -0.1) is 0 Å². The van der Waals surface area contributed by atoms with Gasteiger partial charge in [0.05, 0.1) is 4.58 Å². The van der Waals surface area contributed by atoms with Crippen molar-refractivity contribution in [1.29, 1.82) is 0 Å². The fourth-order valence-electron chi connectivity index (χ4n) is 2.55. The highest BCUT2D eigenvalue weighted by atomic mass is 33.2. The zero-order chi connectivity index (χ0) is 9.42. The van der Waals surface area contributed by atoms with Crippen LogP contribution in [0.25, 0.3) is 0 Å². The van der Waals surface area contributed by atoms with Crippen molar-refractivity contribution < 1.29 is 0 Å². The molecular formula is C11H20S2. The summed E-state index contributed by atoms with van der Waals surface area (Å²) in [6, 6.07) is 0. The zero-order valence-corrected chi connectivity index (χ0v) is 10.5. The Hall–Kier alpha value is 0.700. The minimum Gasteiger partial charge on any atom is -0.0773 e. The van der Waals surface area contributed by atoms with Crippen LogP contribution >= 0.6 is 21.6 Å². The predicted octanol–water partition coefficient (Wildman–Crippen LogP) is 4.42. The summed E-state index contributed by atoms with van der Waals surface area (Å²) in [5.41, 5.74) is 0. The average molecular weight is 216 g/mol. The van der Waals surface area contributed by atoms with Gasteiger partial charge in [-0.1, -0.05) is 48.8 Å². The van der Waals surface area contributed by atoms with E-state index < -0.39 is 0 Å². The Labute approximate surface area is 90.0 Å². The number of hydrogen-bond donors (Lipinski definition) is 0. The summed E-state index contributed by atoms with van der Waals surface area (Å²) in [4.78, 5) is 0. The van der Waals surface area contributed by atoms with E-state index in [1.54, 1.807) is 0 Å². The fraction of sp³-hybridized carbons (Fsp3) is 1.00. The summed E-state index contributed by atoms with van der Waals surface area (Å²) >= 11 is 0. The van der Waals surface area contributed by atoms with Gasteiger partial charge < -0.3 is 0 Å². The second-order valence-corrected chi connectivity index (χ2v) is 7.80. The van der Waals surface area contributed by atoms with Crippen molar-refractivity contribution in [3.8, 4) is 0 Å². The molecule has 1 saturated heterocycles. The first-order chi connectivity index (χ1) is 6.18. The summed E-state index contributed by atoms with van der Waals surface area (Å²) in [6.07, 6.45) is 4.44. The molecule has 2 fully saturated rings. The zero-order valence-electron chi connectivity index (χ0n) is 8.82. The van der Waals surface area contributed by atoms with Crippen molar-refractivity contribution in [3.05, 3.63) is 0 Å². The molecule has 76 valence electrons. The van der Waals surface area contributed by atoms with Gasteiger partial charge in [-0.05, 0) is 36.5 Å². The standard InChI is InChI=1S/C11H20S2/c1-7-4-5-10(11-12-13-11)6-8(2)9(7)3/h7-11H,4-6H2,1-3H3. The highest BCUT2D eigenvalue weighted by Crippen LogP contribution is 2.60. The molecule has 13 heavy (non-hydrogen) atoms. The van der Waals surface area contributed by atoms with Crippen molar-refractivity contribution in [1.82, 2.24) is 0 Å². The molecule has 0 amide bonds. The average Bonchev–Trinajstić information content (AvgIpc) is 2.91. The number of rotatable bonds is 1. The lowest BCUT2D eigenvalue weighted by Crippen LogP contribution is -2.15. The first kappa shape index (κ1) is 10.2. The summed E-state index contributed by atoms with van der Waals surface area (Å²) < 4.78 is 0.972. The van der Waals surface area contributed by atoms with E-state index in [9.17, 15) is 0 Å². The summed E-state index contributed by atoms with van der Waals surface area (Å²) in [5, 5.41) is 0. The van der Waals surface area contributed by atoms with Gasteiger partial charge >= 0.3 is 0 Å². The van der Waals surface area contributed by atoms with Gasteiger partial charge in [-0.25, -0.2) is 0 Å². The van der Waals surface area contributed by atoms with Crippen LogP contribution in [0, 0.1) is 23.7 Å². The highest BCUT2D eigenvalue weighted by molar-refractivity contribution is 8.92. The Morgan fingerprint density at radius 2 is 1.62 bits per heavy atom. The van der Waals surface area contributed by atoms with Gasteiger partial charge in [-0.3, -0.25) is 0 Å². The second kappa shape index (κ2) is 4.06. The topological polar surface area (TPSA) is 0 Å². The van der Waals surface area contributed by atoms with Crippen LogP contribution in [-0.2, 0) is 0 Å². The Morgan fingerprint density at radius 1 is 0.923 bits per heavy atom. The normalized spacial score (nSPS) is 47.3. The number of hydrogen-bond acceptors (Lipinski definition) is 2. The van der Waals surface area contributed by atoms with E-state index >= 15 is 0 Å². The van der Waals surface area contributed by atoms with Crippen LogP contribution in [0.2, 0.25) is 0 Å². The molecule has 0 aromatic rings. The van der Waals surface area contributed by atoms with Crippen LogP contribution in [-0.4, -0.2) is 4.58 Å². The molecule has 2 aliphatic rings. The lowest BCUT2D eigenvalue weighted by atomic mass is 9.84. The van der Waals surface area contributed by atoms with Crippen LogP contribution < -0.4 is 0 Å². The van der Waals surface area contributed by atoms with Crippen molar-refractivity contribution in [2.45, 2.75) is 44.6 Å². The van der Waals surface area contributed by atoms with Gasteiger partial charge in [0.1, 0.15) is 0 Å². The summed E-state index contributed by atoms with van der Waals surface area (Å²) in [5.74, 6) is 3.87. The molecule has 0 N–H and O–H groups in total. The quantitative estimate of drug-likeness (QED) is 0.361. The first-order valence-electron chi connectivity index (χ1n) is 5.50. The molecule has 4 unspecified atom stereocenters. The largest absolute Gasteiger partial charge is 0.0773 e. The molecule has 2 heteroatoms. The van der Waals surface area contributed by atoms with Crippen molar-refractivity contribution in [2.24, 2.45) is 23.7 Å². The monoisotopic (exact) mass is 216 g/mol. The van der Waals surface area contributed by atoms with E-state index in [2.05, 4.69) is 42.4 Å². The second-order valence-electron chi connectivity index (χ2n) is 4.95. The first-order valence-corrected chi connectivity index (χ1v) is 7.78. The SMILES string of the molecule is CC1CCC(C2SS2)CC(C)C1C. The lowest BCUT2D eigenvalue weighted by molar-refractivity contribution is 0.278. The molecule has 0 aromatic heterocycles. The molecule has 1 saturated carbocycles. The smallest absolute Gasteiger partial charge is 0.0738 e. The molecule has 0 aromatic carbocycles. The molecule has 4 atom stereocenters. The van der Waals surface area contributed by atoms with E-state index in [0.717, 1.165) is 28.3 Å². The lowest BCUT2D eigenvalue weighted by Gasteiger charge is -2.22. The van der Waals surface area contributed by atoms with E-state index in [0.29, 0.717) is 0 Å². The van der Waals surface area contributed by atoms with E-state index in [-0.39, 0.29) is 0 Å². The van der Waals surface area contributed by atoms with Gasteiger partial charge in [0.2, 0.25) is 0 Å². The molecule has 0 nitrogen and oxygen atoms in total.